The Kier molecular flexibility index (Phi) is 6.83. The number of alkyl halides is 2. The van der Waals surface area contributed by atoms with E-state index in [-0.39, 0.29) is 17.2 Å². The van der Waals surface area contributed by atoms with E-state index in [0.29, 0.717) is 21.8 Å². The minimum Gasteiger partial charge on any atom is -0.434 e. The lowest BCUT2D eigenvalue weighted by Gasteiger charge is -2.10. The first-order chi connectivity index (χ1) is 9.51. The maximum atomic E-state index is 12.3. The summed E-state index contributed by atoms with van der Waals surface area (Å²) in [4.78, 5) is 12.4. The van der Waals surface area contributed by atoms with Crippen LogP contribution in [-0.2, 0) is 4.79 Å². The van der Waals surface area contributed by atoms with Gasteiger partial charge in [-0.1, -0.05) is 0 Å². The molecule has 4 nitrogen and oxygen atoms in total. The molecule has 0 aliphatic rings. The van der Waals surface area contributed by atoms with Gasteiger partial charge in [-0.25, -0.2) is 0 Å². The van der Waals surface area contributed by atoms with Gasteiger partial charge >= 0.3 is 6.61 Å². The summed E-state index contributed by atoms with van der Waals surface area (Å²) in [5.41, 5.74) is 0.289. The van der Waals surface area contributed by atoms with Gasteiger partial charge in [-0.3, -0.25) is 4.79 Å². The number of hydrogen-bond donors (Lipinski definition) is 2. The molecule has 2 N–H and O–H groups in total. The van der Waals surface area contributed by atoms with Crippen LogP contribution in [0.2, 0.25) is 0 Å². The largest absolute Gasteiger partial charge is 0.434 e. The lowest BCUT2D eigenvalue weighted by atomic mass is 10.2. The van der Waals surface area contributed by atoms with E-state index < -0.39 is 6.61 Å². The van der Waals surface area contributed by atoms with Gasteiger partial charge in [0.1, 0.15) is 5.75 Å². The van der Waals surface area contributed by atoms with Crippen molar-refractivity contribution < 1.29 is 22.9 Å². The third-order valence-electron chi connectivity index (χ3n) is 2.26. The van der Waals surface area contributed by atoms with E-state index in [1.165, 1.54) is 43.1 Å². The molecule has 0 fully saturated rings. The molecule has 0 bridgehead atoms. The van der Waals surface area contributed by atoms with Crippen LogP contribution < -0.4 is 10.1 Å². The van der Waals surface area contributed by atoms with Gasteiger partial charge in [-0.15, -0.1) is 11.8 Å². The topological polar surface area (TPSA) is 58.6 Å². The van der Waals surface area contributed by atoms with E-state index in [0.717, 1.165) is 0 Å². The Labute approximate surface area is 123 Å². The second-order valence-corrected chi connectivity index (χ2v) is 4.96. The van der Waals surface area contributed by atoms with E-state index in [4.69, 9.17) is 4.55 Å². The second-order valence-electron chi connectivity index (χ2n) is 3.46. The van der Waals surface area contributed by atoms with Gasteiger partial charge in [0.25, 0.3) is 5.91 Å². The number of halogens is 2. The standard InChI is InChI=1S/C12H13F2NO3S2/c1-15-11(16)10(19-2)6-7-5-8(20-17)3-4-9(7)18-12(13)14/h3-6,12,17H,1-2H3,(H,15,16)/b10-6-. The second kappa shape index (κ2) is 8.13. The highest BCUT2D eigenvalue weighted by molar-refractivity contribution is 8.03. The highest BCUT2D eigenvalue weighted by Crippen LogP contribution is 2.29. The van der Waals surface area contributed by atoms with Crippen molar-refractivity contribution in [2.75, 3.05) is 13.3 Å². The fourth-order valence-corrected chi connectivity index (χ4v) is 2.22. The van der Waals surface area contributed by atoms with Crippen LogP contribution in [0.15, 0.2) is 28.0 Å². The number of carbonyl (C=O) groups excluding carboxylic acids is 1. The van der Waals surface area contributed by atoms with Crippen molar-refractivity contribution in [1.82, 2.24) is 5.32 Å². The van der Waals surface area contributed by atoms with Crippen LogP contribution in [0.25, 0.3) is 6.08 Å². The van der Waals surface area contributed by atoms with Crippen molar-refractivity contribution >= 4 is 35.8 Å². The first-order valence-electron chi connectivity index (χ1n) is 5.39. The summed E-state index contributed by atoms with van der Waals surface area (Å²) in [7, 11) is 1.48. The zero-order valence-corrected chi connectivity index (χ0v) is 12.4. The van der Waals surface area contributed by atoms with Gasteiger partial charge in [-0.2, -0.15) is 8.78 Å². The molecule has 0 atom stereocenters. The van der Waals surface area contributed by atoms with Crippen LogP contribution in [0.1, 0.15) is 5.56 Å². The number of carbonyl (C=O) groups is 1. The van der Waals surface area contributed by atoms with Crippen LogP contribution in [0.5, 0.6) is 5.75 Å². The highest BCUT2D eigenvalue weighted by atomic mass is 32.2. The molecular weight excluding hydrogens is 308 g/mol. The monoisotopic (exact) mass is 321 g/mol. The van der Waals surface area contributed by atoms with Gasteiger partial charge in [0.2, 0.25) is 0 Å². The summed E-state index contributed by atoms with van der Waals surface area (Å²) in [5.74, 6) is -0.393. The Bertz CT molecular complexity index is 509. The molecule has 0 radical (unpaired) electrons. The quantitative estimate of drug-likeness (QED) is 0.622. The Morgan fingerprint density at radius 3 is 2.70 bits per heavy atom. The molecule has 0 aromatic heterocycles. The summed E-state index contributed by atoms with van der Waals surface area (Å²) in [6.45, 7) is -2.97. The normalized spacial score (nSPS) is 11.6. The lowest BCUT2D eigenvalue weighted by Crippen LogP contribution is -2.18. The average Bonchev–Trinajstić information content (AvgIpc) is 2.44. The third-order valence-corrected chi connectivity index (χ3v) is 3.47. The maximum absolute atomic E-state index is 12.3. The molecular formula is C12H13F2NO3S2. The minimum atomic E-state index is -2.97. The zero-order valence-electron chi connectivity index (χ0n) is 10.7. The number of hydrogen-bond acceptors (Lipinski definition) is 5. The van der Waals surface area contributed by atoms with Crippen LogP contribution in [0, 0.1) is 0 Å². The fourth-order valence-electron chi connectivity index (χ4n) is 1.38. The van der Waals surface area contributed by atoms with Crippen molar-refractivity contribution in [1.29, 1.82) is 0 Å². The van der Waals surface area contributed by atoms with E-state index in [9.17, 15) is 13.6 Å². The SMILES string of the molecule is CNC(=O)/C(=C/c1cc(SO)ccc1OC(F)F)SC. The summed E-state index contributed by atoms with van der Waals surface area (Å²) in [6.07, 6.45) is 3.13. The van der Waals surface area contributed by atoms with Crippen LogP contribution in [0.3, 0.4) is 0 Å². The fraction of sp³-hybridized carbons (Fsp3) is 0.250. The zero-order chi connectivity index (χ0) is 15.1. The molecule has 20 heavy (non-hydrogen) atoms. The first-order valence-corrected chi connectivity index (χ1v) is 7.39. The Morgan fingerprint density at radius 1 is 1.50 bits per heavy atom. The molecule has 0 saturated carbocycles. The van der Waals surface area contributed by atoms with Gasteiger partial charge in [0.05, 0.1) is 4.91 Å². The minimum absolute atomic E-state index is 0.0618. The summed E-state index contributed by atoms with van der Waals surface area (Å²) >= 11 is 1.65. The highest BCUT2D eigenvalue weighted by Gasteiger charge is 2.12. The smallest absolute Gasteiger partial charge is 0.387 e. The molecule has 1 aromatic carbocycles. The van der Waals surface area contributed by atoms with Gasteiger partial charge in [0, 0.05) is 29.5 Å². The van der Waals surface area contributed by atoms with Crippen molar-refractivity contribution in [3.05, 3.63) is 28.7 Å². The Hall–Kier alpha value is -1.25. The Morgan fingerprint density at radius 2 is 2.20 bits per heavy atom. The Balaban J connectivity index is 3.24. The molecule has 0 heterocycles. The summed E-state index contributed by atoms with van der Waals surface area (Å²) in [5, 5.41) is 2.45. The molecule has 1 amide bonds. The molecule has 110 valence electrons. The molecule has 0 unspecified atom stereocenters. The number of likely N-dealkylation sites (N-methyl/N-ethyl adjacent to an activating group) is 1. The number of nitrogens with one attached hydrogen (secondary N) is 1. The molecule has 0 spiro atoms. The molecule has 0 saturated heterocycles. The number of amides is 1. The van der Waals surface area contributed by atoms with Crippen molar-refractivity contribution in [2.45, 2.75) is 11.5 Å². The van der Waals surface area contributed by atoms with E-state index >= 15 is 0 Å². The van der Waals surface area contributed by atoms with E-state index in [1.54, 1.807) is 6.26 Å². The van der Waals surface area contributed by atoms with Crippen LogP contribution >= 0.6 is 23.8 Å². The molecule has 1 rings (SSSR count). The maximum Gasteiger partial charge on any atom is 0.387 e. The number of ether oxygens (including phenoxy) is 1. The first kappa shape index (κ1) is 16.8. The van der Waals surface area contributed by atoms with Crippen molar-refractivity contribution in [2.24, 2.45) is 0 Å². The van der Waals surface area contributed by atoms with Gasteiger partial charge in [0.15, 0.2) is 0 Å². The van der Waals surface area contributed by atoms with E-state index in [2.05, 4.69) is 10.1 Å². The van der Waals surface area contributed by atoms with E-state index in [1.807, 2.05) is 0 Å². The number of rotatable bonds is 6. The molecule has 8 heteroatoms. The number of thioether (sulfide) groups is 1. The molecule has 0 aliphatic carbocycles. The third kappa shape index (κ3) is 4.69. The predicted octanol–water partition coefficient (Wildman–Crippen LogP) is 3.30. The summed E-state index contributed by atoms with van der Waals surface area (Å²) < 4.78 is 38.1. The van der Waals surface area contributed by atoms with Crippen LogP contribution in [0.4, 0.5) is 8.78 Å². The molecule has 0 aliphatic heterocycles. The molecule has 1 aromatic rings. The van der Waals surface area contributed by atoms with Gasteiger partial charge in [-0.05, 0) is 30.5 Å². The average molecular weight is 321 g/mol. The predicted molar refractivity (Wildman–Crippen MR) is 77.1 cm³/mol. The van der Waals surface area contributed by atoms with Gasteiger partial charge < -0.3 is 14.6 Å². The number of benzene rings is 1. The lowest BCUT2D eigenvalue weighted by molar-refractivity contribution is -0.116. The van der Waals surface area contributed by atoms with Crippen molar-refractivity contribution in [3.63, 3.8) is 0 Å². The summed E-state index contributed by atoms with van der Waals surface area (Å²) in [6, 6.07) is 4.22. The van der Waals surface area contributed by atoms with Crippen LogP contribution in [-0.4, -0.2) is 30.4 Å². The van der Waals surface area contributed by atoms with Crippen molar-refractivity contribution in [3.8, 4) is 5.75 Å².